The second-order valence-corrected chi connectivity index (χ2v) is 3.82. The molecule has 2 heterocycles. The van der Waals surface area contributed by atoms with E-state index in [-0.39, 0.29) is 17.3 Å². The third-order valence-corrected chi connectivity index (χ3v) is 2.58. The molecule has 3 rings (SSSR count). The Morgan fingerprint density at radius 3 is 2.84 bits per heavy atom. The maximum Gasteiger partial charge on any atom is 0.586 e. The van der Waals surface area contributed by atoms with Crippen LogP contribution in [-0.4, -0.2) is 23.3 Å². The molecule has 1 aromatic heterocycles. The van der Waals surface area contributed by atoms with Crippen LogP contribution < -0.4 is 14.8 Å². The smallest absolute Gasteiger partial charge is 0.395 e. The summed E-state index contributed by atoms with van der Waals surface area (Å²) in [4.78, 5) is 8.24. The molecule has 0 bridgehead atoms. The molecule has 98 valence electrons. The van der Waals surface area contributed by atoms with Crippen LogP contribution in [0.4, 0.5) is 14.6 Å². The van der Waals surface area contributed by atoms with Gasteiger partial charge < -0.3 is 14.8 Å². The van der Waals surface area contributed by atoms with E-state index < -0.39 is 6.29 Å². The molecule has 0 aliphatic carbocycles. The Bertz CT molecular complexity index is 634. The van der Waals surface area contributed by atoms with E-state index in [1.807, 2.05) is 0 Å². The third kappa shape index (κ3) is 2.03. The van der Waals surface area contributed by atoms with E-state index in [4.69, 9.17) is 0 Å². The van der Waals surface area contributed by atoms with Gasteiger partial charge in [0.15, 0.2) is 17.3 Å². The summed E-state index contributed by atoms with van der Waals surface area (Å²) in [7, 11) is 1.70. The Balaban J connectivity index is 2.10. The second-order valence-electron chi connectivity index (χ2n) is 3.82. The molecule has 0 radical (unpaired) electrons. The van der Waals surface area contributed by atoms with E-state index in [2.05, 4.69) is 24.8 Å². The summed E-state index contributed by atoms with van der Waals surface area (Å²) in [5.41, 5.74) is 0.353. The number of nitrogens with zero attached hydrogens (tertiary/aromatic N) is 2. The van der Waals surface area contributed by atoms with Gasteiger partial charge in [-0.25, -0.2) is 9.97 Å². The largest absolute Gasteiger partial charge is 0.586 e. The molecule has 0 fully saturated rings. The molecule has 1 N–H and O–H groups in total. The van der Waals surface area contributed by atoms with Gasteiger partial charge in [0.1, 0.15) is 5.82 Å². The minimum absolute atomic E-state index is 0.0269. The minimum atomic E-state index is -3.65. The first kappa shape index (κ1) is 11.6. The number of halogens is 2. The van der Waals surface area contributed by atoms with Crippen molar-refractivity contribution in [3.63, 3.8) is 0 Å². The van der Waals surface area contributed by atoms with Gasteiger partial charge in [-0.3, -0.25) is 0 Å². The van der Waals surface area contributed by atoms with Crippen molar-refractivity contribution >= 4 is 5.82 Å². The van der Waals surface area contributed by atoms with Crippen LogP contribution in [0.1, 0.15) is 0 Å². The average molecular weight is 265 g/mol. The fraction of sp³-hybridized carbons (Fsp3) is 0.167. The van der Waals surface area contributed by atoms with Gasteiger partial charge in [-0.15, -0.1) is 8.78 Å². The maximum atomic E-state index is 13.1. The highest BCUT2D eigenvalue weighted by molar-refractivity contribution is 5.70. The van der Waals surface area contributed by atoms with Gasteiger partial charge in [-0.2, -0.15) is 0 Å². The number of benzene rings is 1. The Morgan fingerprint density at radius 1 is 1.21 bits per heavy atom. The van der Waals surface area contributed by atoms with E-state index in [9.17, 15) is 8.78 Å². The second kappa shape index (κ2) is 4.04. The molecule has 0 saturated heterocycles. The number of hydrogen-bond donors (Lipinski definition) is 1. The summed E-state index contributed by atoms with van der Waals surface area (Å²) in [5.74, 6) is 0.778. The van der Waals surface area contributed by atoms with Crippen LogP contribution in [0.5, 0.6) is 11.5 Å². The maximum absolute atomic E-state index is 13.1. The van der Waals surface area contributed by atoms with Crippen molar-refractivity contribution < 1.29 is 18.3 Å². The van der Waals surface area contributed by atoms with Crippen molar-refractivity contribution in [2.45, 2.75) is 6.29 Å². The average Bonchev–Trinajstić information content (AvgIpc) is 2.72. The van der Waals surface area contributed by atoms with Gasteiger partial charge in [-0.05, 0) is 18.2 Å². The fourth-order valence-electron chi connectivity index (χ4n) is 1.77. The van der Waals surface area contributed by atoms with Gasteiger partial charge in [0.2, 0.25) is 0 Å². The Labute approximate surface area is 107 Å². The molecule has 5 nitrogen and oxygen atoms in total. The predicted molar refractivity (Wildman–Crippen MR) is 63.2 cm³/mol. The SMILES string of the molecule is CNc1ccnc(-c2cccc3c2OC(F)(F)O3)n1. The van der Waals surface area contributed by atoms with Gasteiger partial charge in [-0.1, -0.05) is 6.07 Å². The molecule has 1 aliphatic rings. The lowest BCUT2D eigenvalue weighted by Gasteiger charge is -2.07. The fourth-order valence-corrected chi connectivity index (χ4v) is 1.77. The van der Waals surface area contributed by atoms with Crippen molar-refractivity contribution in [3.05, 3.63) is 30.5 Å². The number of hydrogen-bond acceptors (Lipinski definition) is 5. The van der Waals surface area contributed by atoms with Gasteiger partial charge in [0.05, 0.1) is 5.56 Å². The van der Waals surface area contributed by atoms with Crippen LogP contribution in [0.2, 0.25) is 0 Å². The zero-order valence-electron chi connectivity index (χ0n) is 9.85. The van der Waals surface area contributed by atoms with Crippen LogP contribution in [0.25, 0.3) is 11.4 Å². The molecule has 0 unspecified atom stereocenters. The molecule has 0 spiro atoms. The number of ether oxygens (including phenoxy) is 2. The van der Waals surface area contributed by atoms with Crippen LogP contribution >= 0.6 is 0 Å². The number of anilines is 1. The standard InChI is InChI=1S/C12H9F2N3O2/c1-15-9-5-6-16-11(17-9)7-3-2-4-8-10(7)19-12(13,14)18-8/h2-6H,1H3,(H,15,16,17). The van der Waals surface area contributed by atoms with E-state index in [1.54, 1.807) is 25.2 Å². The Morgan fingerprint density at radius 2 is 2.05 bits per heavy atom. The van der Waals surface area contributed by atoms with Gasteiger partial charge in [0.25, 0.3) is 0 Å². The molecule has 7 heteroatoms. The monoisotopic (exact) mass is 265 g/mol. The van der Waals surface area contributed by atoms with Crippen molar-refractivity contribution in [1.29, 1.82) is 0 Å². The number of aromatic nitrogens is 2. The zero-order valence-corrected chi connectivity index (χ0v) is 9.85. The zero-order chi connectivity index (χ0) is 13.5. The molecule has 1 aliphatic heterocycles. The lowest BCUT2D eigenvalue weighted by molar-refractivity contribution is -0.286. The van der Waals surface area contributed by atoms with Crippen LogP contribution in [0, 0.1) is 0 Å². The predicted octanol–water partition coefficient (Wildman–Crippen LogP) is 2.51. The molecular weight excluding hydrogens is 256 g/mol. The quantitative estimate of drug-likeness (QED) is 0.904. The van der Waals surface area contributed by atoms with Crippen LogP contribution in [-0.2, 0) is 0 Å². The summed E-state index contributed by atoms with van der Waals surface area (Å²) in [5, 5.41) is 2.85. The molecule has 1 aromatic carbocycles. The lowest BCUT2D eigenvalue weighted by atomic mass is 10.1. The number of nitrogens with one attached hydrogen (secondary N) is 1. The van der Waals surface area contributed by atoms with E-state index in [1.165, 1.54) is 12.3 Å². The summed E-state index contributed by atoms with van der Waals surface area (Å²) in [6, 6.07) is 6.24. The summed E-state index contributed by atoms with van der Waals surface area (Å²) >= 11 is 0. The number of para-hydroxylation sites is 1. The molecular formula is C12H9F2N3O2. The van der Waals surface area contributed by atoms with E-state index >= 15 is 0 Å². The number of fused-ring (bicyclic) bond motifs is 1. The Hall–Kier alpha value is -2.44. The highest BCUT2D eigenvalue weighted by Crippen LogP contribution is 2.46. The molecule has 0 amide bonds. The molecule has 19 heavy (non-hydrogen) atoms. The van der Waals surface area contributed by atoms with Crippen molar-refractivity contribution in [2.24, 2.45) is 0 Å². The molecule has 2 aromatic rings. The Kier molecular flexibility index (Phi) is 2.48. The van der Waals surface area contributed by atoms with Crippen molar-refractivity contribution in [3.8, 4) is 22.9 Å². The van der Waals surface area contributed by atoms with Crippen LogP contribution in [0.3, 0.4) is 0 Å². The molecule has 0 saturated carbocycles. The van der Waals surface area contributed by atoms with Gasteiger partial charge in [0, 0.05) is 13.2 Å². The first-order valence-electron chi connectivity index (χ1n) is 5.49. The van der Waals surface area contributed by atoms with Crippen molar-refractivity contribution in [1.82, 2.24) is 9.97 Å². The number of alkyl halides is 2. The first-order valence-corrected chi connectivity index (χ1v) is 5.49. The lowest BCUT2D eigenvalue weighted by Crippen LogP contribution is -2.26. The highest BCUT2D eigenvalue weighted by Gasteiger charge is 2.44. The van der Waals surface area contributed by atoms with Gasteiger partial charge >= 0.3 is 6.29 Å². The minimum Gasteiger partial charge on any atom is -0.395 e. The molecule has 0 atom stereocenters. The summed E-state index contributed by atoms with van der Waals surface area (Å²) in [6.07, 6.45) is -2.12. The van der Waals surface area contributed by atoms with E-state index in [0.717, 1.165) is 0 Å². The first-order chi connectivity index (χ1) is 9.09. The summed E-state index contributed by atoms with van der Waals surface area (Å²) < 4.78 is 35.0. The number of rotatable bonds is 2. The summed E-state index contributed by atoms with van der Waals surface area (Å²) in [6.45, 7) is 0. The topological polar surface area (TPSA) is 56.3 Å². The van der Waals surface area contributed by atoms with Crippen molar-refractivity contribution in [2.75, 3.05) is 12.4 Å². The highest BCUT2D eigenvalue weighted by atomic mass is 19.3. The van der Waals surface area contributed by atoms with Crippen LogP contribution in [0.15, 0.2) is 30.5 Å². The normalized spacial score (nSPS) is 15.3. The third-order valence-electron chi connectivity index (χ3n) is 2.58. The van der Waals surface area contributed by atoms with E-state index in [0.29, 0.717) is 11.4 Å².